The molecule has 0 fully saturated rings. The van der Waals surface area contributed by atoms with Gasteiger partial charge < -0.3 is 4.57 Å². The minimum absolute atomic E-state index is 0.515. The number of hydrogen-bond acceptors (Lipinski definition) is 4. The first-order chi connectivity index (χ1) is 26.8. The molecule has 0 aliphatic rings. The Morgan fingerprint density at radius 1 is 0.352 bits per heavy atom. The fourth-order valence-corrected chi connectivity index (χ4v) is 7.91. The molecule has 0 unspecified atom stereocenters. The van der Waals surface area contributed by atoms with Crippen LogP contribution < -0.4 is 0 Å². The predicted octanol–water partition coefficient (Wildman–Crippen LogP) is 11.6. The van der Waals surface area contributed by atoms with Gasteiger partial charge in [-0.1, -0.05) is 146 Å². The molecule has 6 nitrogen and oxygen atoms in total. The Morgan fingerprint density at radius 2 is 0.963 bits per heavy atom. The van der Waals surface area contributed by atoms with Gasteiger partial charge in [-0.15, -0.1) is 0 Å². The maximum absolute atomic E-state index is 5.16. The van der Waals surface area contributed by atoms with Gasteiger partial charge in [0.25, 0.3) is 0 Å². The summed E-state index contributed by atoms with van der Waals surface area (Å²) in [5.74, 6) is 2.49. The molecular weight excluding hydrogens is 661 g/mol. The molecule has 252 valence electrons. The number of nitrogens with zero attached hydrogens (tertiary/aromatic N) is 6. The van der Waals surface area contributed by atoms with Crippen LogP contribution in [0.1, 0.15) is 0 Å². The van der Waals surface area contributed by atoms with Crippen LogP contribution in [0.25, 0.3) is 101 Å². The molecule has 11 rings (SSSR count). The molecule has 0 atom stereocenters. The van der Waals surface area contributed by atoms with E-state index >= 15 is 0 Å². The van der Waals surface area contributed by atoms with Gasteiger partial charge >= 0.3 is 0 Å². The van der Waals surface area contributed by atoms with Crippen molar-refractivity contribution in [3.63, 3.8) is 0 Å². The predicted molar refractivity (Wildman–Crippen MR) is 219 cm³/mol. The maximum Gasteiger partial charge on any atom is 0.240 e. The molecule has 6 heteroatoms. The molecule has 0 radical (unpaired) electrons. The van der Waals surface area contributed by atoms with E-state index in [9.17, 15) is 0 Å². The van der Waals surface area contributed by atoms with Crippen molar-refractivity contribution >= 4 is 43.6 Å². The second-order valence-electron chi connectivity index (χ2n) is 13.5. The SMILES string of the molecule is c1ccc(-c2nc(-c3ccccc3)nc(-n3c(-c4ccc(-c5ccc6c7c5ccc5cccc(c57)n6-c5ccccc5)cc4)nc4ccccc43)n2)cc1. The lowest BCUT2D eigenvalue weighted by Crippen LogP contribution is -2.07. The Morgan fingerprint density at radius 3 is 1.69 bits per heavy atom. The lowest BCUT2D eigenvalue weighted by molar-refractivity contribution is 0.929. The van der Waals surface area contributed by atoms with E-state index in [0.717, 1.165) is 44.8 Å². The van der Waals surface area contributed by atoms with Crippen molar-refractivity contribution in [2.45, 2.75) is 0 Å². The Labute approximate surface area is 310 Å². The van der Waals surface area contributed by atoms with Gasteiger partial charge in [-0.2, -0.15) is 9.97 Å². The molecule has 0 amide bonds. The van der Waals surface area contributed by atoms with Crippen LogP contribution in [-0.2, 0) is 0 Å². The molecule has 0 saturated heterocycles. The molecule has 8 aromatic carbocycles. The standard InChI is InChI=1S/C48H30N6/c1-4-13-33(14-5-1)45-50-46(34-15-6-2-7-16-34)52-48(51-45)54-40-21-11-10-20-39(40)49-47(54)35-25-23-31(24-26-35)37-29-30-42-44-38(37)28-27-32-17-12-22-41(43(32)44)53(42)36-18-8-3-9-19-36/h1-30H. The Bertz CT molecular complexity index is 3070. The second kappa shape index (κ2) is 12.1. The number of benzene rings is 8. The van der Waals surface area contributed by atoms with E-state index in [-0.39, 0.29) is 0 Å². The molecule has 54 heavy (non-hydrogen) atoms. The van der Waals surface area contributed by atoms with Gasteiger partial charge in [-0.05, 0) is 58.3 Å². The highest BCUT2D eigenvalue weighted by Gasteiger charge is 2.21. The van der Waals surface area contributed by atoms with Crippen LogP contribution in [0.5, 0.6) is 0 Å². The molecule has 0 saturated carbocycles. The van der Waals surface area contributed by atoms with E-state index in [1.165, 1.54) is 38.1 Å². The zero-order valence-corrected chi connectivity index (χ0v) is 29.0. The third kappa shape index (κ3) is 4.74. The van der Waals surface area contributed by atoms with E-state index < -0.39 is 0 Å². The Balaban J connectivity index is 1.07. The van der Waals surface area contributed by atoms with Gasteiger partial charge in [0.1, 0.15) is 5.82 Å². The summed E-state index contributed by atoms with van der Waals surface area (Å²) in [7, 11) is 0. The number of aromatic nitrogens is 6. The highest BCUT2D eigenvalue weighted by Crippen LogP contribution is 2.43. The first-order valence-corrected chi connectivity index (χ1v) is 18.1. The van der Waals surface area contributed by atoms with Gasteiger partial charge in [0, 0.05) is 33.2 Å². The lowest BCUT2D eigenvalue weighted by atomic mass is 9.94. The minimum atomic E-state index is 0.515. The molecule has 0 N–H and O–H groups in total. The van der Waals surface area contributed by atoms with Crippen LogP contribution >= 0.6 is 0 Å². The first-order valence-electron chi connectivity index (χ1n) is 18.1. The molecule has 3 heterocycles. The van der Waals surface area contributed by atoms with Gasteiger partial charge in [-0.3, -0.25) is 4.57 Å². The summed E-state index contributed by atoms with van der Waals surface area (Å²) < 4.78 is 4.44. The first kappa shape index (κ1) is 30.2. The average molecular weight is 691 g/mol. The topological polar surface area (TPSA) is 61.4 Å². The van der Waals surface area contributed by atoms with E-state index in [0.29, 0.717) is 17.6 Å². The largest absolute Gasteiger partial charge is 0.309 e. The second-order valence-corrected chi connectivity index (χ2v) is 13.5. The van der Waals surface area contributed by atoms with Crippen LogP contribution in [0.15, 0.2) is 182 Å². The zero-order chi connectivity index (χ0) is 35.6. The van der Waals surface area contributed by atoms with Crippen LogP contribution in [0.3, 0.4) is 0 Å². The molecule has 0 spiro atoms. The Kier molecular flexibility index (Phi) is 6.75. The summed E-state index contributed by atoms with van der Waals surface area (Å²) in [6, 6.07) is 63.3. The third-order valence-electron chi connectivity index (χ3n) is 10.4. The Hall–Kier alpha value is -7.44. The van der Waals surface area contributed by atoms with Crippen LogP contribution in [0.4, 0.5) is 0 Å². The van der Waals surface area contributed by atoms with Crippen molar-refractivity contribution in [1.29, 1.82) is 0 Å². The van der Waals surface area contributed by atoms with Gasteiger partial charge in [0.2, 0.25) is 5.95 Å². The monoisotopic (exact) mass is 690 g/mol. The quantitative estimate of drug-likeness (QED) is 0.163. The van der Waals surface area contributed by atoms with Crippen LogP contribution in [-0.4, -0.2) is 29.1 Å². The fourth-order valence-electron chi connectivity index (χ4n) is 7.91. The normalized spacial score (nSPS) is 11.7. The number of hydrogen-bond donors (Lipinski definition) is 0. The zero-order valence-electron chi connectivity index (χ0n) is 29.0. The number of imidazole rings is 1. The molecule has 0 bridgehead atoms. The summed E-state index contributed by atoms with van der Waals surface area (Å²) in [5, 5.41) is 5.06. The average Bonchev–Trinajstić information content (AvgIpc) is 3.81. The van der Waals surface area contributed by atoms with Crippen LogP contribution in [0, 0.1) is 0 Å². The minimum Gasteiger partial charge on any atom is -0.309 e. The van der Waals surface area contributed by atoms with Crippen molar-refractivity contribution in [3.05, 3.63) is 182 Å². The number of rotatable bonds is 6. The summed E-state index contributed by atoms with van der Waals surface area (Å²) >= 11 is 0. The third-order valence-corrected chi connectivity index (χ3v) is 10.4. The summed E-state index contributed by atoms with van der Waals surface area (Å²) in [6.07, 6.45) is 0. The van der Waals surface area contributed by atoms with E-state index in [1.54, 1.807) is 0 Å². The summed E-state index contributed by atoms with van der Waals surface area (Å²) in [5.41, 5.74) is 10.5. The van der Waals surface area contributed by atoms with Crippen molar-refractivity contribution < 1.29 is 0 Å². The van der Waals surface area contributed by atoms with Gasteiger partial charge in [0.05, 0.1) is 22.1 Å². The lowest BCUT2D eigenvalue weighted by Gasteiger charge is -2.13. The highest BCUT2D eigenvalue weighted by molar-refractivity contribution is 6.26. The fraction of sp³-hybridized carbons (Fsp3) is 0. The van der Waals surface area contributed by atoms with E-state index in [1.807, 2.05) is 78.9 Å². The number of para-hydroxylation sites is 3. The van der Waals surface area contributed by atoms with Crippen molar-refractivity contribution in [2.24, 2.45) is 0 Å². The van der Waals surface area contributed by atoms with Gasteiger partial charge in [-0.25, -0.2) is 9.97 Å². The van der Waals surface area contributed by atoms with Crippen molar-refractivity contribution in [1.82, 2.24) is 29.1 Å². The number of fused-ring (bicyclic) bond motifs is 1. The van der Waals surface area contributed by atoms with Gasteiger partial charge in [0.15, 0.2) is 11.6 Å². The molecular formula is C48H30N6. The van der Waals surface area contributed by atoms with Crippen LogP contribution in [0.2, 0.25) is 0 Å². The molecule has 0 aliphatic heterocycles. The molecule has 0 aliphatic carbocycles. The highest BCUT2D eigenvalue weighted by atomic mass is 15.2. The summed E-state index contributed by atoms with van der Waals surface area (Å²) in [6.45, 7) is 0. The smallest absolute Gasteiger partial charge is 0.240 e. The molecule has 3 aromatic heterocycles. The maximum atomic E-state index is 5.16. The van der Waals surface area contributed by atoms with E-state index in [2.05, 4.69) is 112 Å². The van der Waals surface area contributed by atoms with Crippen molar-refractivity contribution in [3.8, 4) is 56.9 Å². The van der Waals surface area contributed by atoms with E-state index in [4.69, 9.17) is 19.9 Å². The summed E-state index contributed by atoms with van der Waals surface area (Å²) in [4.78, 5) is 20.2. The van der Waals surface area contributed by atoms with Crippen molar-refractivity contribution in [2.75, 3.05) is 0 Å². The molecule has 11 aromatic rings.